The zero-order valence-corrected chi connectivity index (χ0v) is 9.25. The molecule has 9 heteroatoms. The van der Waals surface area contributed by atoms with E-state index in [0.717, 1.165) is 0 Å². The highest BCUT2D eigenvalue weighted by atomic mass is 16.7. The normalized spacial score (nSPS) is 40.2. The van der Waals surface area contributed by atoms with E-state index in [1.54, 1.807) is 0 Å². The summed E-state index contributed by atoms with van der Waals surface area (Å²) in [5.41, 5.74) is 0. The van der Waals surface area contributed by atoms with Crippen molar-refractivity contribution in [3.8, 4) is 0 Å². The molecule has 1 aliphatic rings. The zero-order chi connectivity index (χ0) is 14.1. The maximum atomic E-state index is 10.5. The van der Waals surface area contributed by atoms with Crippen molar-refractivity contribution in [2.24, 2.45) is 0 Å². The van der Waals surface area contributed by atoms with Crippen LogP contribution >= 0.6 is 0 Å². The van der Waals surface area contributed by atoms with E-state index in [-0.39, 0.29) is 0 Å². The highest BCUT2D eigenvalue weighted by molar-refractivity contribution is 5.72. The Hall–Kier alpha value is -0.810. The van der Waals surface area contributed by atoms with Crippen LogP contribution in [0, 0.1) is 0 Å². The molecule has 0 saturated carbocycles. The molecule has 1 rings (SSSR count). The second-order valence-electron chi connectivity index (χ2n) is 4.18. The monoisotopic (exact) mass is 268 g/mol. The number of aliphatic hydroxyl groups excluding tert-OH is 5. The van der Waals surface area contributed by atoms with Crippen LogP contribution in [0.15, 0.2) is 0 Å². The van der Waals surface area contributed by atoms with Gasteiger partial charge in [-0.3, -0.25) is 0 Å². The second kappa shape index (κ2) is 5.45. The van der Waals surface area contributed by atoms with Crippen molar-refractivity contribution in [1.29, 1.82) is 0 Å². The summed E-state index contributed by atoms with van der Waals surface area (Å²) in [4.78, 5) is 10.5. The molecule has 7 N–H and O–H groups in total. The van der Waals surface area contributed by atoms with Crippen LogP contribution in [0.2, 0.25) is 0 Å². The fourth-order valence-electron chi connectivity index (χ4n) is 1.74. The quantitative estimate of drug-likeness (QED) is 0.268. The first-order valence-corrected chi connectivity index (χ1v) is 5.19. The fourth-order valence-corrected chi connectivity index (χ4v) is 1.74. The van der Waals surface area contributed by atoms with E-state index < -0.39 is 55.3 Å². The van der Waals surface area contributed by atoms with Gasteiger partial charge in [-0.15, -0.1) is 0 Å². The molecule has 0 spiro atoms. The summed E-state index contributed by atoms with van der Waals surface area (Å²) >= 11 is 0. The summed E-state index contributed by atoms with van der Waals surface area (Å²) in [5, 5.41) is 64.5. The number of carbonyl (C=O) groups is 1. The van der Waals surface area contributed by atoms with Crippen molar-refractivity contribution in [3.63, 3.8) is 0 Å². The third kappa shape index (κ3) is 2.78. The lowest BCUT2D eigenvalue weighted by molar-refractivity contribution is -0.345. The Morgan fingerprint density at radius 1 is 1.39 bits per heavy atom. The zero-order valence-electron chi connectivity index (χ0n) is 9.25. The molecule has 0 aromatic heterocycles. The van der Waals surface area contributed by atoms with Gasteiger partial charge in [-0.25, -0.2) is 4.79 Å². The van der Waals surface area contributed by atoms with Gasteiger partial charge in [0.15, 0.2) is 6.10 Å². The van der Waals surface area contributed by atoms with Crippen molar-refractivity contribution in [2.75, 3.05) is 6.61 Å². The summed E-state index contributed by atoms with van der Waals surface area (Å²) in [7, 11) is 0. The first kappa shape index (κ1) is 15.2. The number of hydrogen-bond acceptors (Lipinski definition) is 8. The van der Waals surface area contributed by atoms with Gasteiger partial charge in [0, 0.05) is 6.42 Å². The van der Waals surface area contributed by atoms with Crippen LogP contribution in [0.3, 0.4) is 0 Å². The first-order chi connectivity index (χ1) is 8.23. The molecule has 9 nitrogen and oxygen atoms in total. The van der Waals surface area contributed by atoms with Crippen LogP contribution in [0.5, 0.6) is 0 Å². The molecule has 18 heavy (non-hydrogen) atoms. The predicted octanol–water partition coefficient (Wildman–Crippen LogP) is -4.02. The maximum Gasteiger partial charge on any atom is 0.335 e. The fraction of sp³-hybridized carbons (Fsp3) is 0.889. The SMILES string of the molecule is O=C(O)[C@H](O)[C@@H](O)[C@H]1C[C@H](O)[C@@H](O)C(O)(CO)O1. The number of carboxylic acid groups (broad SMARTS) is 1. The molecule has 1 heterocycles. The molecule has 1 aliphatic heterocycles. The molecular weight excluding hydrogens is 252 g/mol. The van der Waals surface area contributed by atoms with Gasteiger partial charge >= 0.3 is 5.97 Å². The Morgan fingerprint density at radius 2 is 1.94 bits per heavy atom. The summed E-state index contributed by atoms with van der Waals surface area (Å²) < 4.78 is 4.76. The van der Waals surface area contributed by atoms with Crippen molar-refractivity contribution in [1.82, 2.24) is 0 Å². The van der Waals surface area contributed by atoms with Crippen molar-refractivity contribution in [3.05, 3.63) is 0 Å². The molecule has 1 saturated heterocycles. The second-order valence-corrected chi connectivity index (χ2v) is 4.18. The van der Waals surface area contributed by atoms with Crippen LogP contribution in [-0.2, 0) is 9.53 Å². The Morgan fingerprint density at radius 3 is 2.39 bits per heavy atom. The van der Waals surface area contributed by atoms with Gasteiger partial charge in [-0.1, -0.05) is 0 Å². The van der Waals surface area contributed by atoms with Crippen molar-refractivity contribution >= 4 is 5.97 Å². The lowest BCUT2D eigenvalue weighted by Gasteiger charge is -2.43. The molecule has 0 bridgehead atoms. The van der Waals surface area contributed by atoms with Gasteiger partial charge in [0.05, 0.1) is 18.8 Å². The minimum atomic E-state index is -2.53. The third-order valence-corrected chi connectivity index (χ3v) is 2.84. The van der Waals surface area contributed by atoms with Crippen molar-refractivity contribution in [2.45, 2.75) is 42.7 Å². The number of aliphatic carboxylic acids is 1. The van der Waals surface area contributed by atoms with Crippen LogP contribution in [-0.4, -0.2) is 84.6 Å². The molecule has 6 atom stereocenters. The van der Waals surface area contributed by atoms with E-state index in [1.165, 1.54) is 0 Å². The van der Waals surface area contributed by atoms with Crippen LogP contribution in [0.25, 0.3) is 0 Å². The summed E-state index contributed by atoms with van der Waals surface area (Å²) in [6.07, 6.45) is -9.33. The Labute approximate surface area is 101 Å². The molecule has 0 aromatic carbocycles. The third-order valence-electron chi connectivity index (χ3n) is 2.84. The number of hydrogen-bond donors (Lipinski definition) is 7. The highest BCUT2D eigenvalue weighted by Crippen LogP contribution is 2.29. The van der Waals surface area contributed by atoms with E-state index in [4.69, 9.17) is 20.1 Å². The average molecular weight is 268 g/mol. The minimum absolute atomic E-state index is 0.408. The number of aliphatic hydroxyl groups is 6. The lowest BCUT2D eigenvalue weighted by atomic mass is 9.91. The first-order valence-electron chi connectivity index (χ1n) is 5.19. The highest BCUT2D eigenvalue weighted by Gasteiger charge is 2.50. The Kier molecular flexibility index (Phi) is 4.61. The van der Waals surface area contributed by atoms with Gasteiger partial charge < -0.3 is 40.5 Å². The molecule has 106 valence electrons. The Balaban J connectivity index is 2.83. The minimum Gasteiger partial charge on any atom is -0.479 e. The van der Waals surface area contributed by atoms with Gasteiger partial charge in [0.25, 0.3) is 0 Å². The van der Waals surface area contributed by atoms with Gasteiger partial charge in [-0.2, -0.15) is 0 Å². The predicted molar refractivity (Wildman–Crippen MR) is 53.2 cm³/mol. The Bertz CT molecular complexity index is 308. The van der Waals surface area contributed by atoms with Gasteiger partial charge in [0.1, 0.15) is 12.2 Å². The maximum absolute atomic E-state index is 10.5. The van der Waals surface area contributed by atoms with Gasteiger partial charge in [0.2, 0.25) is 5.79 Å². The molecular formula is C9H16O9. The van der Waals surface area contributed by atoms with Gasteiger partial charge in [-0.05, 0) is 0 Å². The molecule has 1 unspecified atom stereocenters. The van der Waals surface area contributed by atoms with E-state index in [0.29, 0.717) is 0 Å². The molecule has 0 aromatic rings. The summed E-state index contributed by atoms with van der Waals surface area (Å²) in [6, 6.07) is 0. The van der Waals surface area contributed by atoms with E-state index in [2.05, 4.69) is 0 Å². The standard InChI is InChI=1S/C9H16O9/c10-2-9(17)7(14)3(11)1-4(18-9)5(12)6(13)8(15)16/h3-7,10-14,17H,1-2H2,(H,15,16)/t3-,4+,5-,6+,7+,9?/m0/s1. The van der Waals surface area contributed by atoms with Crippen LogP contribution < -0.4 is 0 Å². The summed E-state index contributed by atoms with van der Waals surface area (Å²) in [5.74, 6) is -4.24. The molecule has 1 fully saturated rings. The molecule has 0 aliphatic carbocycles. The van der Waals surface area contributed by atoms with Crippen LogP contribution in [0.1, 0.15) is 6.42 Å². The molecule has 0 radical (unpaired) electrons. The van der Waals surface area contributed by atoms with Crippen LogP contribution in [0.4, 0.5) is 0 Å². The number of rotatable bonds is 4. The van der Waals surface area contributed by atoms with E-state index in [1.807, 2.05) is 0 Å². The molecule has 0 amide bonds. The largest absolute Gasteiger partial charge is 0.479 e. The topological polar surface area (TPSA) is 168 Å². The lowest BCUT2D eigenvalue weighted by Crippen LogP contribution is -2.63. The number of ether oxygens (including phenoxy) is 1. The van der Waals surface area contributed by atoms with E-state index >= 15 is 0 Å². The average Bonchev–Trinajstić information content (AvgIpc) is 2.33. The number of carboxylic acids is 1. The summed E-state index contributed by atoms with van der Waals surface area (Å²) in [6.45, 7) is -1.07. The van der Waals surface area contributed by atoms with E-state index in [9.17, 15) is 25.2 Å². The van der Waals surface area contributed by atoms with Crippen molar-refractivity contribution < 1.29 is 45.3 Å². The smallest absolute Gasteiger partial charge is 0.335 e.